The minimum Gasteiger partial charge on any atom is -0.326 e. The lowest BCUT2D eigenvalue weighted by Crippen LogP contribution is -2.17. The molecule has 0 saturated heterocycles. The average Bonchev–Trinajstić information content (AvgIpc) is 2.92. The lowest BCUT2D eigenvalue weighted by Gasteiger charge is -2.08. The lowest BCUT2D eigenvalue weighted by molar-refractivity contribution is 0.690. The molecular weight excluding hydrogens is 252 g/mol. The standard InChI is InChI=1S/C16H22N2S/c1-2-15-7-8-16(19-15)12-18-10-9-13-5-3-4-6-14(13)11-17/h3-8,18H,2,9-12,17H2,1H3. The van der Waals surface area contributed by atoms with Gasteiger partial charge >= 0.3 is 0 Å². The molecule has 0 radical (unpaired) electrons. The first kappa shape index (κ1) is 14.3. The molecule has 0 spiro atoms. The van der Waals surface area contributed by atoms with Crippen molar-refractivity contribution in [2.24, 2.45) is 5.73 Å². The zero-order valence-corrected chi connectivity index (χ0v) is 12.3. The molecule has 2 aromatic rings. The molecule has 0 aliphatic carbocycles. The molecule has 19 heavy (non-hydrogen) atoms. The highest BCUT2D eigenvalue weighted by Crippen LogP contribution is 2.16. The van der Waals surface area contributed by atoms with Gasteiger partial charge in [0.25, 0.3) is 0 Å². The van der Waals surface area contributed by atoms with Gasteiger partial charge in [-0.15, -0.1) is 11.3 Å². The molecule has 102 valence electrons. The Hall–Kier alpha value is -1.16. The van der Waals surface area contributed by atoms with Gasteiger partial charge in [0.15, 0.2) is 0 Å². The summed E-state index contributed by atoms with van der Waals surface area (Å²) >= 11 is 1.90. The number of thiophene rings is 1. The molecule has 0 bridgehead atoms. The molecule has 0 atom stereocenters. The first-order valence-corrected chi connectivity index (χ1v) is 7.70. The highest BCUT2D eigenvalue weighted by atomic mass is 32.1. The molecule has 0 amide bonds. The van der Waals surface area contributed by atoms with Crippen molar-refractivity contribution in [3.05, 3.63) is 57.3 Å². The Morgan fingerprint density at radius 2 is 1.79 bits per heavy atom. The van der Waals surface area contributed by atoms with Crippen molar-refractivity contribution in [3.63, 3.8) is 0 Å². The van der Waals surface area contributed by atoms with Gasteiger partial charge in [0.2, 0.25) is 0 Å². The van der Waals surface area contributed by atoms with Crippen molar-refractivity contribution in [2.45, 2.75) is 32.9 Å². The third-order valence-corrected chi connectivity index (χ3v) is 4.50. The maximum atomic E-state index is 5.75. The van der Waals surface area contributed by atoms with E-state index >= 15 is 0 Å². The van der Waals surface area contributed by atoms with Crippen molar-refractivity contribution in [1.29, 1.82) is 0 Å². The molecule has 3 N–H and O–H groups in total. The van der Waals surface area contributed by atoms with Crippen molar-refractivity contribution in [1.82, 2.24) is 5.32 Å². The third-order valence-electron chi connectivity index (χ3n) is 3.27. The van der Waals surface area contributed by atoms with E-state index in [4.69, 9.17) is 5.73 Å². The smallest absolute Gasteiger partial charge is 0.0299 e. The number of rotatable bonds is 7. The molecule has 0 fully saturated rings. The molecule has 0 aliphatic heterocycles. The van der Waals surface area contributed by atoms with Crippen LogP contribution in [0.3, 0.4) is 0 Å². The maximum absolute atomic E-state index is 5.75. The second kappa shape index (κ2) is 7.43. The largest absolute Gasteiger partial charge is 0.326 e. The Labute approximate surface area is 119 Å². The van der Waals surface area contributed by atoms with Gasteiger partial charge in [-0.25, -0.2) is 0 Å². The predicted molar refractivity (Wildman–Crippen MR) is 83.4 cm³/mol. The van der Waals surface area contributed by atoms with Crippen LogP contribution in [0.15, 0.2) is 36.4 Å². The second-order valence-electron chi connectivity index (χ2n) is 4.62. The first-order chi connectivity index (χ1) is 9.33. The molecule has 0 aliphatic rings. The molecule has 1 heterocycles. The topological polar surface area (TPSA) is 38.0 Å². The highest BCUT2D eigenvalue weighted by Gasteiger charge is 2.01. The monoisotopic (exact) mass is 274 g/mol. The average molecular weight is 274 g/mol. The minimum absolute atomic E-state index is 0.626. The SMILES string of the molecule is CCc1ccc(CNCCc2ccccc2CN)s1. The summed E-state index contributed by atoms with van der Waals surface area (Å²) in [5, 5.41) is 3.51. The van der Waals surface area contributed by atoms with Crippen LogP contribution >= 0.6 is 11.3 Å². The summed E-state index contributed by atoms with van der Waals surface area (Å²) < 4.78 is 0. The Kier molecular flexibility index (Phi) is 5.58. The summed E-state index contributed by atoms with van der Waals surface area (Å²) in [5.41, 5.74) is 8.36. The Balaban J connectivity index is 1.77. The summed E-state index contributed by atoms with van der Waals surface area (Å²) in [6.45, 7) is 4.79. The van der Waals surface area contributed by atoms with E-state index < -0.39 is 0 Å². The van der Waals surface area contributed by atoms with Crippen LogP contribution in [-0.4, -0.2) is 6.54 Å². The molecule has 1 aromatic heterocycles. The van der Waals surface area contributed by atoms with Gasteiger partial charge in [-0.3, -0.25) is 0 Å². The first-order valence-electron chi connectivity index (χ1n) is 6.88. The number of nitrogens with one attached hydrogen (secondary N) is 1. The van der Waals surface area contributed by atoms with Gasteiger partial charge < -0.3 is 11.1 Å². The Bertz CT molecular complexity index is 505. The van der Waals surface area contributed by atoms with Crippen molar-refractivity contribution >= 4 is 11.3 Å². The molecule has 0 unspecified atom stereocenters. The van der Waals surface area contributed by atoms with E-state index in [1.807, 2.05) is 11.3 Å². The third kappa shape index (κ3) is 4.16. The van der Waals surface area contributed by atoms with Gasteiger partial charge in [-0.1, -0.05) is 31.2 Å². The summed E-state index contributed by atoms with van der Waals surface area (Å²) in [6, 6.07) is 12.9. The van der Waals surface area contributed by atoms with E-state index in [1.54, 1.807) is 0 Å². The quantitative estimate of drug-likeness (QED) is 0.761. The molecular formula is C16H22N2S. The summed E-state index contributed by atoms with van der Waals surface area (Å²) in [7, 11) is 0. The highest BCUT2D eigenvalue weighted by molar-refractivity contribution is 7.11. The van der Waals surface area contributed by atoms with Crippen LogP contribution in [-0.2, 0) is 25.9 Å². The van der Waals surface area contributed by atoms with Gasteiger partial charge in [-0.05, 0) is 42.6 Å². The lowest BCUT2D eigenvalue weighted by atomic mass is 10.0. The number of nitrogens with two attached hydrogens (primary N) is 1. The Morgan fingerprint density at radius 3 is 2.47 bits per heavy atom. The van der Waals surface area contributed by atoms with Crippen LogP contribution in [0.4, 0.5) is 0 Å². The number of hydrogen-bond donors (Lipinski definition) is 2. The van der Waals surface area contributed by atoms with Gasteiger partial charge in [0.1, 0.15) is 0 Å². The van der Waals surface area contributed by atoms with E-state index in [9.17, 15) is 0 Å². The second-order valence-corrected chi connectivity index (χ2v) is 5.87. The molecule has 2 nitrogen and oxygen atoms in total. The van der Waals surface area contributed by atoms with Gasteiger partial charge in [-0.2, -0.15) is 0 Å². The van der Waals surface area contributed by atoms with Crippen LogP contribution in [0.1, 0.15) is 27.8 Å². The van der Waals surface area contributed by atoms with E-state index in [0.29, 0.717) is 6.54 Å². The van der Waals surface area contributed by atoms with Crippen molar-refractivity contribution < 1.29 is 0 Å². The van der Waals surface area contributed by atoms with E-state index in [1.165, 1.54) is 20.9 Å². The predicted octanol–water partition coefficient (Wildman–Crippen LogP) is 3.10. The maximum Gasteiger partial charge on any atom is 0.0299 e. The molecule has 0 saturated carbocycles. The Morgan fingerprint density at radius 1 is 1.05 bits per heavy atom. The fraction of sp³-hybridized carbons (Fsp3) is 0.375. The number of benzene rings is 1. The molecule has 3 heteroatoms. The van der Waals surface area contributed by atoms with Crippen LogP contribution in [0.25, 0.3) is 0 Å². The molecule has 1 aromatic carbocycles. The molecule has 2 rings (SSSR count). The van der Waals surface area contributed by atoms with E-state index in [0.717, 1.165) is 25.9 Å². The van der Waals surface area contributed by atoms with E-state index in [-0.39, 0.29) is 0 Å². The zero-order valence-electron chi connectivity index (χ0n) is 11.5. The minimum atomic E-state index is 0.626. The fourth-order valence-electron chi connectivity index (χ4n) is 2.14. The van der Waals surface area contributed by atoms with Crippen LogP contribution in [0.5, 0.6) is 0 Å². The van der Waals surface area contributed by atoms with Crippen molar-refractivity contribution in [2.75, 3.05) is 6.54 Å². The summed E-state index contributed by atoms with van der Waals surface area (Å²) in [6.07, 6.45) is 2.17. The summed E-state index contributed by atoms with van der Waals surface area (Å²) in [5.74, 6) is 0. The zero-order chi connectivity index (χ0) is 13.5. The fourth-order valence-corrected chi connectivity index (χ4v) is 3.07. The van der Waals surface area contributed by atoms with Crippen LogP contribution < -0.4 is 11.1 Å². The van der Waals surface area contributed by atoms with Crippen molar-refractivity contribution in [3.8, 4) is 0 Å². The van der Waals surface area contributed by atoms with E-state index in [2.05, 4.69) is 48.6 Å². The van der Waals surface area contributed by atoms with Gasteiger partial charge in [0, 0.05) is 22.8 Å². The van der Waals surface area contributed by atoms with Crippen LogP contribution in [0.2, 0.25) is 0 Å². The number of aryl methyl sites for hydroxylation is 1. The van der Waals surface area contributed by atoms with Gasteiger partial charge in [0.05, 0.1) is 0 Å². The summed E-state index contributed by atoms with van der Waals surface area (Å²) in [4.78, 5) is 2.88. The normalized spacial score (nSPS) is 10.8. The van der Waals surface area contributed by atoms with Crippen LogP contribution in [0, 0.1) is 0 Å². The number of hydrogen-bond acceptors (Lipinski definition) is 3.